The van der Waals surface area contributed by atoms with Crippen molar-refractivity contribution < 1.29 is 13.2 Å². The van der Waals surface area contributed by atoms with E-state index < -0.39 is 10.0 Å². The van der Waals surface area contributed by atoms with Crippen molar-refractivity contribution in [3.63, 3.8) is 0 Å². The van der Waals surface area contributed by atoms with E-state index in [-0.39, 0.29) is 4.90 Å². The summed E-state index contributed by atoms with van der Waals surface area (Å²) in [6.45, 7) is 2.38. The van der Waals surface area contributed by atoms with Crippen LogP contribution in [0.4, 0.5) is 5.69 Å². The van der Waals surface area contributed by atoms with Crippen LogP contribution in [0, 0.1) is 0 Å². The first-order chi connectivity index (χ1) is 16.5. The van der Waals surface area contributed by atoms with Gasteiger partial charge in [0.25, 0.3) is 10.0 Å². The third kappa shape index (κ3) is 4.30. The number of nitrogens with one attached hydrogen (secondary N) is 1. The predicted molar refractivity (Wildman–Crippen MR) is 128 cm³/mol. The van der Waals surface area contributed by atoms with Crippen molar-refractivity contribution in [3.05, 3.63) is 85.1 Å². The van der Waals surface area contributed by atoms with E-state index in [9.17, 15) is 8.42 Å². The second-order valence-corrected chi connectivity index (χ2v) is 9.00. The maximum absolute atomic E-state index is 12.9. The number of hydrogen-bond acceptors (Lipinski definition) is 7. The van der Waals surface area contributed by atoms with Crippen LogP contribution in [0.3, 0.4) is 0 Å². The van der Waals surface area contributed by atoms with Crippen molar-refractivity contribution >= 4 is 21.4 Å². The van der Waals surface area contributed by atoms with Crippen molar-refractivity contribution in [1.82, 2.24) is 24.8 Å². The predicted octanol–water partition coefficient (Wildman–Crippen LogP) is 4.05. The molecule has 170 valence electrons. The van der Waals surface area contributed by atoms with Crippen LogP contribution in [0.5, 0.6) is 5.75 Å². The first-order valence-electron chi connectivity index (χ1n) is 10.5. The number of anilines is 1. The Bertz CT molecular complexity index is 1550. The maximum atomic E-state index is 12.9. The lowest BCUT2D eigenvalue weighted by Gasteiger charge is -2.10. The van der Waals surface area contributed by atoms with Gasteiger partial charge in [-0.3, -0.25) is 9.71 Å². The Kier molecular flexibility index (Phi) is 5.64. The highest BCUT2D eigenvalue weighted by Crippen LogP contribution is 2.25. The van der Waals surface area contributed by atoms with Gasteiger partial charge in [-0.25, -0.2) is 8.42 Å². The van der Waals surface area contributed by atoms with Crippen molar-refractivity contribution in [1.29, 1.82) is 0 Å². The van der Waals surface area contributed by atoms with E-state index in [2.05, 4.69) is 25.0 Å². The number of benzene rings is 2. The highest BCUT2D eigenvalue weighted by Gasteiger charge is 2.16. The third-order valence-electron chi connectivity index (χ3n) is 5.01. The molecule has 0 atom stereocenters. The fourth-order valence-corrected chi connectivity index (χ4v) is 4.48. The molecule has 34 heavy (non-hydrogen) atoms. The Morgan fingerprint density at radius 2 is 1.76 bits per heavy atom. The van der Waals surface area contributed by atoms with Crippen LogP contribution in [0.15, 0.2) is 90.0 Å². The van der Waals surface area contributed by atoms with Crippen LogP contribution in [0.1, 0.15) is 6.92 Å². The zero-order valence-corrected chi connectivity index (χ0v) is 19.0. The van der Waals surface area contributed by atoms with Gasteiger partial charge in [0.1, 0.15) is 11.4 Å². The van der Waals surface area contributed by atoms with Crippen LogP contribution >= 0.6 is 0 Å². The zero-order chi connectivity index (χ0) is 23.5. The first kappa shape index (κ1) is 21.5. The molecule has 0 bridgehead atoms. The summed E-state index contributed by atoms with van der Waals surface area (Å²) >= 11 is 0. The van der Waals surface area contributed by atoms with Crippen molar-refractivity contribution in [3.8, 4) is 28.5 Å². The van der Waals surface area contributed by atoms with E-state index in [0.717, 1.165) is 5.56 Å². The molecule has 3 aromatic heterocycles. The Balaban J connectivity index is 1.45. The van der Waals surface area contributed by atoms with Crippen LogP contribution in [-0.2, 0) is 10.0 Å². The Hall–Kier alpha value is -4.31. The molecule has 0 amide bonds. The molecule has 0 saturated heterocycles. The average Bonchev–Trinajstić information content (AvgIpc) is 3.28. The molecule has 2 aromatic carbocycles. The molecule has 1 N–H and O–H groups in total. The van der Waals surface area contributed by atoms with Gasteiger partial charge in [-0.05, 0) is 67.6 Å². The van der Waals surface area contributed by atoms with Gasteiger partial charge in [0.05, 0.1) is 17.2 Å². The smallest absolute Gasteiger partial charge is 0.261 e. The summed E-state index contributed by atoms with van der Waals surface area (Å²) in [4.78, 5) is 4.47. The van der Waals surface area contributed by atoms with Gasteiger partial charge >= 0.3 is 0 Å². The molecule has 0 radical (unpaired) electrons. The summed E-state index contributed by atoms with van der Waals surface area (Å²) in [5.74, 6) is 1.13. The lowest BCUT2D eigenvalue weighted by atomic mass is 10.1. The summed E-state index contributed by atoms with van der Waals surface area (Å²) in [5.41, 5.74) is 3.01. The van der Waals surface area contributed by atoms with Crippen molar-refractivity contribution in [2.24, 2.45) is 0 Å². The molecule has 3 heterocycles. The summed E-state index contributed by atoms with van der Waals surface area (Å²) in [6, 6.07) is 22.5. The third-order valence-corrected chi connectivity index (χ3v) is 6.41. The molecule has 0 unspecified atom stereocenters. The summed E-state index contributed by atoms with van der Waals surface area (Å²) in [7, 11) is -3.77. The zero-order valence-electron chi connectivity index (χ0n) is 18.2. The Labute approximate surface area is 196 Å². The van der Waals surface area contributed by atoms with Gasteiger partial charge in [0.15, 0.2) is 5.65 Å². The minimum absolute atomic E-state index is 0.144. The first-order valence-corrected chi connectivity index (χ1v) is 12.0. The van der Waals surface area contributed by atoms with E-state index in [1.807, 2.05) is 37.3 Å². The lowest BCUT2D eigenvalue weighted by molar-refractivity contribution is 0.340. The Morgan fingerprint density at radius 1 is 0.912 bits per heavy atom. The molecule has 0 aliphatic rings. The number of aromatic nitrogens is 5. The molecular formula is C24H20N6O3S. The number of hydrogen-bond donors (Lipinski definition) is 1. The van der Waals surface area contributed by atoms with Gasteiger partial charge in [-0.2, -0.15) is 9.61 Å². The van der Waals surface area contributed by atoms with Crippen molar-refractivity contribution in [2.75, 3.05) is 11.3 Å². The van der Waals surface area contributed by atoms with Gasteiger partial charge in [-0.1, -0.05) is 18.2 Å². The average molecular weight is 473 g/mol. The van der Waals surface area contributed by atoms with Gasteiger partial charge < -0.3 is 4.74 Å². The summed E-state index contributed by atoms with van der Waals surface area (Å²) in [6.07, 6.45) is 1.68. The number of pyridine rings is 1. The molecule has 5 aromatic rings. The fraction of sp³-hybridized carbons (Fsp3) is 0.0833. The standard InChI is InChI=1S/C24H20N6O3S/c1-2-33-19-9-11-20(12-10-19)34(31,32)29-18-7-5-6-17(16-18)21-13-14-23-26-27-24(30(23)28-21)22-8-3-4-15-25-22/h3-16,29H,2H2,1H3. The molecule has 0 fully saturated rings. The van der Waals surface area contributed by atoms with E-state index >= 15 is 0 Å². The van der Waals surface area contributed by atoms with E-state index in [1.54, 1.807) is 47.1 Å². The van der Waals surface area contributed by atoms with E-state index in [0.29, 0.717) is 40.9 Å². The van der Waals surface area contributed by atoms with Crippen LogP contribution in [-0.4, -0.2) is 39.8 Å². The molecule has 0 spiro atoms. The highest BCUT2D eigenvalue weighted by atomic mass is 32.2. The number of fused-ring (bicyclic) bond motifs is 1. The minimum Gasteiger partial charge on any atom is -0.494 e. The van der Waals surface area contributed by atoms with Crippen LogP contribution < -0.4 is 9.46 Å². The fourth-order valence-electron chi connectivity index (χ4n) is 3.44. The monoisotopic (exact) mass is 472 g/mol. The molecule has 10 heteroatoms. The maximum Gasteiger partial charge on any atom is 0.261 e. The van der Waals surface area contributed by atoms with Crippen LogP contribution in [0.2, 0.25) is 0 Å². The summed E-state index contributed by atoms with van der Waals surface area (Å²) < 4.78 is 35.4. The van der Waals surface area contributed by atoms with Crippen molar-refractivity contribution in [2.45, 2.75) is 11.8 Å². The SMILES string of the molecule is CCOc1ccc(S(=O)(=O)Nc2cccc(-c3ccc4nnc(-c5ccccn5)n4n3)c2)cc1. The number of nitrogens with zero attached hydrogens (tertiary/aromatic N) is 5. The largest absolute Gasteiger partial charge is 0.494 e. The lowest BCUT2D eigenvalue weighted by Crippen LogP contribution is -2.13. The summed E-state index contributed by atoms with van der Waals surface area (Å²) in [5, 5.41) is 13.0. The quantitative estimate of drug-likeness (QED) is 0.380. The molecule has 5 rings (SSSR count). The number of sulfonamides is 1. The van der Waals surface area contributed by atoms with Crippen LogP contribution in [0.25, 0.3) is 28.4 Å². The second-order valence-electron chi connectivity index (χ2n) is 7.32. The van der Waals surface area contributed by atoms with Gasteiger partial charge in [0.2, 0.25) is 5.82 Å². The van der Waals surface area contributed by atoms with E-state index in [4.69, 9.17) is 4.74 Å². The molecular weight excluding hydrogens is 452 g/mol. The van der Waals surface area contributed by atoms with E-state index in [1.165, 1.54) is 12.1 Å². The second kappa shape index (κ2) is 8.91. The highest BCUT2D eigenvalue weighted by molar-refractivity contribution is 7.92. The van der Waals surface area contributed by atoms with Gasteiger partial charge in [-0.15, -0.1) is 10.2 Å². The topological polar surface area (TPSA) is 111 Å². The molecule has 0 aliphatic carbocycles. The minimum atomic E-state index is -3.77. The molecule has 0 saturated carbocycles. The molecule has 9 nitrogen and oxygen atoms in total. The normalized spacial score (nSPS) is 11.4. The molecule has 0 aliphatic heterocycles. The number of rotatable bonds is 7. The van der Waals surface area contributed by atoms with Gasteiger partial charge in [0, 0.05) is 17.4 Å². The number of ether oxygens (including phenoxy) is 1. The Morgan fingerprint density at radius 3 is 2.53 bits per heavy atom.